The summed E-state index contributed by atoms with van der Waals surface area (Å²) in [4.78, 5) is 6.30. The number of pyridine rings is 1. The molecule has 2 N–H and O–H groups in total. The lowest BCUT2D eigenvalue weighted by Gasteiger charge is -2.42. The van der Waals surface area contributed by atoms with E-state index in [-0.39, 0.29) is 29.7 Å². The van der Waals surface area contributed by atoms with Crippen LogP contribution < -0.4 is 5.73 Å². The molecule has 130 valence electrons. The molecule has 1 saturated heterocycles. The van der Waals surface area contributed by atoms with Crippen LogP contribution in [-0.2, 0) is 6.54 Å². The van der Waals surface area contributed by atoms with E-state index in [1.165, 1.54) is 0 Å². The number of aromatic nitrogens is 1. The number of likely N-dealkylation sites (tertiary alicyclic amines) is 1. The van der Waals surface area contributed by atoms with Gasteiger partial charge in [-0.3, -0.25) is 9.88 Å². The van der Waals surface area contributed by atoms with E-state index >= 15 is 0 Å². The van der Waals surface area contributed by atoms with Crippen LogP contribution in [0.2, 0.25) is 0 Å². The molecule has 2 heterocycles. The molecule has 1 atom stereocenters. The first kappa shape index (κ1) is 18.8. The third-order valence-electron chi connectivity index (χ3n) is 4.85. The molecule has 1 aromatic carbocycles. The quantitative estimate of drug-likeness (QED) is 0.914. The SMILES string of the molecule is CC1(C)CN(Cc2ccc(-c3ccncc3)cc2F)CCC1N.Cl. The third-order valence-corrected chi connectivity index (χ3v) is 4.85. The van der Waals surface area contributed by atoms with Crippen LogP contribution in [-0.4, -0.2) is 29.0 Å². The average Bonchev–Trinajstić information content (AvgIpc) is 2.53. The Kier molecular flexibility index (Phi) is 5.97. The van der Waals surface area contributed by atoms with E-state index in [4.69, 9.17) is 5.73 Å². The Morgan fingerprint density at radius 3 is 2.54 bits per heavy atom. The summed E-state index contributed by atoms with van der Waals surface area (Å²) in [6.07, 6.45) is 4.41. The summed E-state index contributed by atoms with van der Waals surface area (Å²) in [7, 11) is 0. The minimum absolute atomic E-state index is 0. The normalized spacial score (nSPS) is 20.4. The van der Waals surface area contributed by atoms with Crippen LogP contribution in [0.3, 0.4) is 0 Å². The number of piperidine rings is 1. The molecule has 1 fully saturated rings. The van der Waals surface area contributed by atoms with Crippen molar-refractivity contribution in [3.8, 4) is 11.1 Å². The molecule has 2 aromatic rings. The predicted molar refractivity (Wildman–Crippen MR) is 98.5 cm³/mol. The molecule has 3 nitrogen and oxygen atoms in total. The number of hydrogen-bond acceptors (Lipinski definition) is 3. The van der Waals surface area contributed by atoms with Crippen LogP contribution in [0.25, 0.3) is 11.1 Å². The molecule has 24 heavy (non-hydrogen) atoms. The van der Waals surface area contributed by atoms with E-state index in [1.54, 1.807) is 18.5 Å². The molecule has 1 aliphatic rings. The molecule has 0 saturated carbocycles. The van der Waals surface area contributed by atoms with Crippen LogP contribution in [0.4, 0.5) is 4.39 Å². The first-order valence-electron chi connectivity index (χ1n) is 8.12. The topological polar surface area (TPSA) is 42.2 Å². The Morgan fingerprint density at radius 1 is 1.21 bits per heavy atom. The zero-order valence-corrected chi connectivity index (χ0v) is 15.0. The largest absolute Gasteiger partial charge is 0.327 e. The van der Waals surface area contributed by atoms with E-state index in [0.29, 0.717) is 6.54 Å². The fourth-order valence-corrected chi connectivity index (χ4v) is 3.26. The van der Waals surface area contributed by atoms with Crippen molar-refractivity contribution in [1.29, 1.82) is 0 Å². The van der Waals surface area contributed by atoms with Crippen LogP contribution in [0.15, 0.2) is 42.7 Å². The van der Waals surface area contributed by atoms with Gasteiger partial charge in [-0.15, -0.1) is 12.4 Å². The number of rotatable bonds is 3. The summed E-state index contributed by atoms with van der Waals surface area (Å²) in [6.45, 7) is 6.84. The van der Waals surface area contributed by atoms with Gasteiger partial charge in [0.15, 0.2) is 0 Å². The van der Waals surface area contributed by atoms with E-state index in [2.05, 4.69) is 23.7 Å². The van der Waals surface area contributed by atoms with Gasteiger partial charge in [-0.2, -0.15) is 0 Å². The van der Waals surface area contributed by atoms with E-state index in [0.717, 1.165) is 36.2 Å². The van der Waals surface area contributed by atoms with Crippen molar-refractivity contribution in [1.82, 2.24) is 9.88 Å². The summed E-state index contributed by atoms with van der Waals surface area (Å²) in [5.74, 6) is -0.146. The Bertz CT molecular complexity index is 676. The van der Waals surface area contributed by atoms with Gasteiger partial charge in [0.05, 0.1) is 0 Å². The van der Waals surface area contributed by atoms with Gasteiger partial charge >= 0.3 is 0 Å². The van der Waals surface area contributed by atoms with Gasteiger partial charge in [-0.05, 0) is 41.2 Å². The van der Waals surface area contributed by atoms with Crippen molar-refractivity contribution in [3.63, 3.8) is 0 Å². The molecular weight excluding hydrogens is 325 g/mol. The molecule has 0 spiro atoms. The number of hydrogen-bond donors (Lipinski definition) is 1. The molecule has 1 unspecified atom stereocenters. The fourth-order valence-electron chi connectivity index (χ4n) is 3.26. The molecular formula is C19H25ClFN3. The minimum atomic E-state index is -0.146. The molecule has 0 radical (unpaired) electrons. The maximum Gasteiger partial charge on any atom is 0.128 e. The standard InChI is InChI=1S/C19H24FN3.ClH/c1-19(2)13-23(10-7-18(19)21)12-16-4-3-15(11-17(16)20)14-5-8-22-9-6-14;/h3-6,8-9,11,18H,7,10,12-13,21H2,1-2H3;1H. The Balaban J connectivity index is 0.00000208. The molecule has 0 amide bonds. The summed E-state index contributed by atoms with van der Waals surface area (Å²) >= 11 is 0. The summed E-state index contributed by atoms with van der Waals surface area (Å²) in [5, 5.41) is 0. The van der Waals surface area contributed by atoms with Crippen LogP contribution >= 0.6 is 12.4 Å². The van der Waals surface area contributed by atoms with E-state index in [9.17, 15) is 4.39 Å². The molecule has 0 bridgehead atoms. The smallest absolute Gasteiger partial charge is 0.128 e. The molecule has 3 rings (SSSR count). The maximum atomic E-state index is 14.5. The Morgan fingerprint density at radius 2 is 1.92 bits per heavy atom. The Labute approximate surface area is 149 Å². The lowest BCUT2D eigenvalue weighted by atomic mass is 9.79. The van der Waals surface area contributed by atoms with Crippen LogP contribution in [0.1, 0.15) is 25.8 Å². The summed E-state index contributed by atoms with van der Waals surface area (Å²) < 4.78 is 14.5. The number of nitrogens with zero attached hydrogens (tertiary/aromatic N) is 2. The van der Waals surface area contributed by atoms with Gasteiger partial charge in [0.2, 0.25) is 0 Å². The minimum Gasteiger partial charge on any atom is -0.327 e. The highest BCUT2D eigenvalue weighted by Crippen LogP contribution is 2.29. The van der Waals surface area contributed by atoms with Gasteiger partial charge in [-0.25, -0.2) is 4.39 Å². The highest BCUT2D eigenvalue weighted by Gasteiger charge is 2.33. The zero-order chi connectivity index (χ0) is 16.4. The Hall–Kier alpha value is -1.49. The second kappa shape index (κ2) is 7.60. The second-order valence-electron chi connectivity index (χ2n) is 7.14. The summed E-state index contributed by atoms with van der Waals surface area (Å²) in [5.41, 5.74) is 8.86. The van der Waals surface area contributed by atoms with Crippen molar-refractivity contribution in [3.05, 3.63) is 54.1 Å². The molecule has 1 aromatic heterocycles. The van der Waals surface area contributed by atoms with Crippen molar-refractivity contribution >= 4 is 12.4 Å². The summed E-state index contributed by atoms with van der Waals surface area (Å²) in [6, 6.07) is 9.50. The van der Waals surface area contributed by atoms with E-state index in [1.807, 2.05) is 24.3 Å². The zero-order valence-electron chi connectivity index (χ0n) is 14.2. The highest BCUT2D eigenvalue weighted by molar-refractivity contribution is 5.85. The van der Waals surface area contributed by atoms with Gasteiger partial charge in [0.25, 0.3) is 0 Å². The maximum absolute atomic E-state index is 14.5. The molecule has 1 aliphatic heterocycles. The van der Waals surface area contributed by atoms with Gasteiger partial charge in [0, 0.05) is 43.6 Å². The van der Waals surface area contributed by atoms with Gasteiger partial charge in [-0.1, -0.05) is 26.0 Å². The van der Waals surface area contributed by atoms with E-state index < -0.39 is 0 Å². The predicted octanol–water partition coefficient (Wildman–Crippen LogP) is 3.87. The van der Waals surface area contributed by atoms with Crippen molar-refractivity contribution in [2.24, 2.45) is 11.1 Å². The molecule has 5 heteroatoms. The van der Waals surface area contributed by atoms with Gasteiger partial charge in [0.1, 0.15) is 5.82 Å². The van der Waals surface area contributed by atoms with Crippen molar-refractivity contribution < 1.29 is 4.39 Å². The lowest BCUT2D eigenvalue weighted by Crippen LogP contribution is -2.52. The second-order valence-corrected chi connectivity index (χ2v) is 7.14. The number of halogens is 2. The number of nitrogens with two attached hydrogens (primary N) is 1. The van der Waals surface area contributed by atoms with Crippen molar-refractivity contribution in [2.45, 2.75) is 32.9 Å². The van der Waals surface area contributed by atoms with Crippen molar-refractivity contribution in [2.75, 3.05) is 13.1 Å². The lowest BCUT2D eigenvalue weighted by molar-refractivity contribution is 0.0890. The first-order valence-corrected chi connectivity index (χ1v) is 8.12. The third kappa shape index (κ3) is 4.12. The molecule has 0 aliphatic carbocycles. The average molecular weight is 350 g/mol. The monoisotopic (exact) mass is 349 g/mol. The number of benzene rings is 1. The van der Waals surface area contributed by atoms with Crippen LogP contribution in [0.5, 0.6) is 0 Å². The fraction of sp³-hybridized carbons (Fsp3) is 0.421. The van der Waals surface area contributed by atoms with Crippen LogP contribution in [0, 0.1) is 11.2 Å². The first-order chi connectivity index (χ1) is 11.0. The highest BCUT2D eigenvalue weighted by atomic mass is 35.5. The van der Waals surface area contributed by atoms with Gasteiger partial charge < -0.3 is 5.73 Å².